The van der Waals surface area contributed by atoms with Crippen molar-refractivity contribution in [3.63, 3.8) is 0 Å². The fourth-order valence-corrected chi connectivity index (χ4v) is 5.87. The average Bonchev–Trinajstić information content (AvgIpc) is 3.44. The highest BCUT2D eigenvalue weighted by Crippen LogP contribution is 2.39. The maximum Gasteiger partial charge on any atom is 0.336 e. The second-order valence-electron chi connectivity index (χ2n) is 8.54. The Bertz CT molecular complexity index is 1050. The molecule has 0 spiro atoms. The quantitative estimate of drug-likeness (QED) is 0.469. The number of hydrogen-bond donors (Lipinski definition) is 2. The monoisotopic (exact) mass is 434 g/mol. The van der Waals surface area contributed by atoms with Gasteiger partial charge in [0, 0.05) is 34.6 Å². The third-order valence-electron chi connectivity index (χ3n) is 6.66. The number of benzene rings is 2. The van der Waals surface area contributed by atoms with Gasteiger partial charge < -0.3 is 15.2 Å². The van der Waals surface area contributed by atoms with E-state index in [0.717, 1.165) is 28.7 Å². The van der Waals surface area contributed by atoms with E-state index in [1.54, 1.807) is 4.31 Å². The van der Waals surface area contributed by atoms with Gasteiger partial charge in [0.1, 0.15) is 0 Å². The first-order chi connectivity index (χ1) is 15.2. The van der Waals surface area contributed by atoms with Gasteiger partial charge in [-0.25, -0.2) is 9.10 Å². The highest BCUT2D eigenvalue weighted by molar-refractivity contribution is 8.01. The van der Waals surface area contributed by atoms with Gasteiger partial charge in [0.2, 0.25) is 0 Å². The first kappa shape index (κ1) is 20.5. The summed E-state index contributed by atoms with van der Waals surface area (Å²) in [5, 5.41) is 4.36. The number of anilines is 2. The predicted molar refractivity (Wildman–Crippen MR) is 131 cm³/mol. The van der Waals surface area contributed by atoms with Crippen molar-refractivity contribution in [2.75, 3.05) is 28.5 Å². The van der Waals surface area contributed by atoms with Crippen molar-refractivity contribution in [2.24, 2.45) is 0 Å². The highest BCUT2D eigenvalue weighted by atomic mass is 32.2. The molecule has 6 heteroatoms. The second-order valence-corrected chi connectivity index (χ2v) is 9.74. The molecule has 0 radical (unpaired) electrons. The second kappa shape index (κ2) is 8.97. The maximum absolute atomic E-state index is 13.1. The van der Waals surface area contributed by atoms with Crippen molar-refractivity contribution >= 4 is 40.3 Å². The zero-order valence-electron chi connectivity index (χ0n) is 18.0. The van der Waals surface area contributed by atoms with Crippen molar-refractivity contribution in [2.45, 2.75) is 44.6 Å². The third-order valence-corrected chi connectivity index (χ3v) is 7.55. The van der Waals surface area contributed by atoms with E-state index in [2.05, 4.69) is 40.5 Å². The number of carbonyl (C=O) groups is 1. The summed E-state index contributed by atoms with van der Waals surface area (Å²) in [5.74, 6) is 1.42. The highest BCUT2D eigenvalue weighted by Gasteiger charge is 2.33. The average molecular weight is 435 g/mol. The molecule has 2 saturated heterocycles. The number of urea groups is 1. The first-order valence-corrected chi connectivity index (χ1v) is 12.3. The Morgan fingerprint density at radius 3 is 2.90 bits per heavy atom. The lowest BCUT2D eigenvalue weighted by Gasteiger charge is -2.34. The summed E-state index contributed by atoms with van der Waals surface area (Å²) in [5.41, 5.74) is 4.28. The smallest absolute Gasteiger partial charge is 0.336 e. The maximum atomic E-state index is 13.1. The van der Waals surface area contributed by atoms with Gasteiger partial charge in [-0.3, -0.25) is 0 Å². The minimum atomic E-state index is -0.117. The summed E-state index contributed by atoms with van der Waals surface area (Å²) in [6.07, 6.45) is 7.34. The van der Waals surface area contributed by atoms with E-state index in [1.165, 1.54) is 61.7 Å². The number of carbonyl (C=O) groups excluding carboxylic acids is 1. The molecule has 2 aliphatic rings. The lowest BCUT2D eigenvalue weighted by molar-refractivity contribution is 0.181. The zero-order chi connectivity index (χ0) is 21.2. The Morgan fingerprint density at radius 1 is 1.19 bits per heavy atom. The van der Waals surface area contributed by atoms with E-state index < -0.39 is 0 Å². The van der Waals surface area contributed by atoms with E-state index in [-0.39, 0.29) is 6.03 Å². The number of amides is 2. The van der Waals surface area contributed by atoms with Gasteiger partial charge in [-0.15, -0.1) is 0 Å². The molecule has 2 atom stereocenters. The number of piperidine rings is 1. The standard InChI is InChI=1S/C25H30N4OS/c1-2-31-29(20-7-4-3-5-8-20)25(30)27-19-10-11-24-22(16-19)23(17-26-24)18-12-14-28-13-6-9-21(28)15-18/h3-5,7-8,10-11,16-18,21,26H,2,6,9,12-15H2,1H3,(H,27,30). The molecule has 1 aromatic heterocycles. The molecule has 162 valence electrons. The number of aromatic nitrogens is 1. The molecule has 31 heavy (non-hydrogen) atoms. The normalized spacial score (nSPS) is 21.2. The molecule has 3 aromatic rings. The van der Waals surface area contributed by atoms with Crippen molar-refractivity contribution in [3.05, 3.63) is 60.3 Å². The van der Waals surface area contributed by atoms with E-state index in [0.29, 0.717) is 5.92 Å². The molecule has 2 unspecified atom stereocenters. The Kier molecular flexibility index (Phi) is 5.92. The molecule has 2 amide bonds. The Balaban J connectivity index is 1.37. The first-order valence-electron chi connectivity index (χ1n) is 11.4. The van der Waals surface area contributed by atoms with Crippen LogP contribution < -0.4 is 9.62 Å². The van der Waals surface area contributed by atoms with Crippen LogP contribution in [0.3, 0.4) is 0 Å². The molecular weight excluding hydrogens is 404 g/mol. The summed E-state index contributed by atoms with van der Waals surface area (Å²) >= 11 is 1.51. The summed E-state index contributed by atoms with van der Waals surface area (Å²) in [6.45, 7) is 4.54. The molecule has 2 fully saturated rings. The van der Waals surface area contributed by atoms with Gasteiger partial charge in [0.25, 0.3) is 0 Å². The molecule has 3 heterocycles. The van der Waals surface area contributed by atoms with E-state index in [9.17, 15) is 4.79 Å². The number of para-hydroxylation sites is 1. The van der Waals surface area contributed by atoms with Crippen LogP contribution in [-0.4, -0.2) is 40.8 Å². The minimum absolute atomic E-state index is 0.117. The SMILES string of the molecule is CCSN(C(=O)Nc1ccc2[nH]cc(C3CCN4CCCC4C3)c2c1)c1ccccc1. The minimum Gasteiger partial charge on any atom is -0.361 e. The van der Waals surface area contributed by atoms with Crippen molar-refractivity contribution in [3.8, 4) is 0 Å². The van der Waals surface area contributed by atoms with Crippen LogP contribution in [0.15, 0.2) is 54.7 Å². The van der Waals surface area contributed by atoms with Gasteiger partial charge in [0.05, 0.1) is 5.69 Å². The van der Waals surface area contributed by atoms with Crippen LogP contribution in [0.5, 0.6) is 0 Å². The van der Waals surface area contributed by atoms with Crippen molar-refractivity contribution in [1.29, 1.82) is 0 Å². The number of H-pyrrole nitrogens is 1. The molecule has 0 bridgehead atoms. The number of hydrogen-bond acceptors (Lipinski definition) is 3. The van der Waals surface area contributed by atoms with Crippen molar-refractivity contribution in [1.82, 2.24) is 9.88 Å². The fourth-order valence-electron chi connectivity index (χ4n) is 5.18. The summed E-state index contributed by atoms with van der Waals surface area (Å²) in [4.78, 5) is 19.2. The zero-order valence-corrected chi connectivity index (χ0v) is 18.8. The van der Waals surface area contributed by atoms with Crippen LogP contribution in [0.1, 0.15) is 44.1 Å². The topological polar surface area (TPSA) is 51.4 Å². The van der Waals surface area contributed by atoms with E-state index >= 15 is 0 Å². The summed E-state index contributed by atoms with van der Waals surface area (Å²) in [6, 6.07) is 16.6. The molecule has 5 nitrogen and oxygen atoms in total. The van der Waals surface area contributed by atoms with Gasteiger partial charge in [0.15, 0.2) is 0 Å². The van der Waals surface area contributed by atoms with Crippen LogP contribution in [0.25, 0.3) is 10.9 Å². The van der Waals surface area contributed by atoms with Crippen LogP contribution in [0.4, 0.5) is 16.2 Å². The molecule has 2 aliphatic heterocycles. The molecule has 2 N–H and O–H groups in total. The number of rotatable bonds is 5. The fraction of sp³-hybridized carbons (Fsp3) is 0.400. The van der Waals surface area contributed by atoms with Crippen molar-refractivity contribution < 1.29 is 4.79 Å². The number of nitrogens with zero attached hydrogens (tertiary/aromatic N) is 2. The van der Waals surface area contributed by atoms with E-state index in [4.69, 9.17) is 0 Å². The number of fused-ring (bicyclic) bond motifs is 2. The molecule has 0 saturated carbocycles. The van der Waals surface area contributed by atoms with Gasteiger partial charge in [-0.05, 0) is 92.5 Å². The lowest BCUT2D eigenvalue weighted by atomic mass is 9.85. The molecule has 2 aromatic carbocycles. The van der Waals surface area contributed by atoms with E-state index in [1.807, 2.05) is 36.4 Å². The Labute approximate surface area is 188 Å². The summed E-state index contributed by atoms with van der Waals surface area (Å²) < 4.78 is 1.73. The third kappa shape index (κ3) is 4.19. The number of aromatic amines is 1. The van der Waals surface area contributed by atoms with Gasteiger partial charge >= 0.3 is 6.03 Å². The lowest BCUT2D eigenvalue weighted by Crippen LogP contribution is -2.37. The number of nitrogens with one attached hydrogen (secondary N) is 2. The van der Waals surface area contributed by atoms with Crippen LogP contribution in [0.2, 0.25) is 0 Å². The predicted octanol–water partition coefficient (Wildman–Crippen LogP) is 6.22. The Morgan fingerprint density at radius 2 is 2.06 bits per heavy atom. The molecule has 5 rings (SSSR count). The summed E-state index contributed by atoms with van der Waals surface area (Å²) in [7, 11) is 0. The largest absolute Gasteiger partial charge is 0.361 e. The van der Waals surface area contributed by atoms with Crippen LogP contribution in [0, 0.1) is 0 Å². The van der Waals surface area contributed by atoms with Crippen LogP contribution >= 0.6 is 11.9 Å². The van der Waals surface area contributed by atoms with Gasteiger partial charge in [-0.2, -0.15) is 0 Å². The van der Waals surface area contributed by atoms with Gasteiger partial charge in [-0.1, -0.05) is 25.1 Å². The molecular formula is C25H30N4OS. The Hall–Kier alpha value is -2.44. The molecule has 0 aliphatic carbocycles. The van der Waals surface area contributed by atoms with Crippen LogP contribution in [-0.2, 0) is 0 Å².